The highest BCUT2D eigenvalue weighted by atomic mass is 16.6. The van der Waals surface area contributed by atoms with E-state index in [9.17, 15) is 10.1 Å². The van der Waals surface area contributed by atoms with Crippen molar-refractivity contribution in [3.05, 3.63) is 28.3 Å². The minimum Gasteiger partial charge on any atom is -0.356 e. The second-order valence-electron chi connectivity index (χ2n) is 3.82. The molecule has 2 aromatic rings. The SMILES string of the molecule is CCCCNc1nc2ccc([N+](=O)[O-])cc2[nH]1. The number of nitrogens with one attached hydrogen (secondary N) is 2. The summed E-state index contributed by atoms with van der Waals surface area (Å²) in [4.78, 5) is 17.5. The van der Waals surface area contributed by atoms with Gasteiger partial charge in [0, 0.05) is 18.7 Å². The van der Waals surface area contributed by atoms with Crippen molar-refractivity contribution in [2.24, 2.45) is 0 Å². The Labute approximate surface area is 98.2 Å². The standard InChI is InChI=1S/C11H14N4O2/c1-2-3-6-12-11-13-9-5-4-8(15(16)17)7-10(9)14-11/h4-5,7H,2-3,6H2,1H3,(H2,12,13,14). The van der Waals surface area contributed by atoms with Crippen LogP contribution in [-0.2, 0) is 0 Å². The van der Waals surface area contributed by atoms with Crippen molar-refractivity contribution in [2.75, 3.05) is 11.9 Å². The zero-order valence-corrected chi connectivity index (χ0v) is 9.56. The van der Waals surface area contributed by atoms with Gasteiger partial charge < -0.3 is 10.3 Å². The van der Waals surface area contributed by atoms with Crippen LogP contribution in [0, 0.1) is 10.1 Å². The predicted octanol–water partition coefficient (Wildman–Crippen LogP) is 2.68. The summed E-state index contributed by atoms with van der Waals surface area (Å²) in [7, 11) is 0. The molecule has 0 fully saturated rings. The van der Waals surface area contributed by atoms with Crippen molar-refractivity contribution in [1.82, 2.24) is 9.97 Å². The van der Waals surface area contributed by atoms with Gasteiger partial charge in [-0.05, 0) is 12.5 Å². The van der Waals surface area contributed by atoms with E-state index < -0.39 is 4.92 Å². The number of fused-ring (bicyclic) bond motifs is 1. The van der Waals surface area contributed by atoms with Gasteiger partial charge in [0.1, 0.15) is 0 Å². The number of nitro benzene ring substituents is 1. The van der Waals surface area contributed by atoms with Crippen LogP contribution < -0.4 is 5.32 Å². The summed E-state index contributed by atoms with van der Waals surface area (Å²) in [6.45, 7) is 2.96. The molecule has 0 aliphatic rings. The van der Waals surface area contributed by atoms with Gasteiger partial charge in [0.15, 0.2) is 0 Å². The quantitative estimate of drug-likeness (QED) is 0.473. The first-order valence-corrected chi connectivity index (χ1v) is 5.58. The Morgan fingerprint density at radius 3 is 3.06 bits per heavy atom. The molecule has 0 aliphatic carbocycles. The molecule has 0 aliphatic heterocycles. The fourth-order valence-electron chi connectivity index (χ4n) is 1.58. The molecule has 0 spiro atoms. The number of non-ortho nitro benzene ring substituents is 1. The van der Waals surface area contributed by atoms with E-state index in [-0.39, 0.29) is 5.69 Å². The number of benzene rings is 1. The average molecular weight is 234 g/mol. The van der Waals surface area contributed by atoms with E-state index in [1.807, 2.05) is 0 Å². The van der Waals surface area contributed by atoms with Crippen LogP contribution in [0.2, 0.25) is 0 Å². The van der Waals surface area contributed by atoms with Gasteiger partial charge >= 0.3 is 0 Å². The van der Waals surface area contributed by atoms with Gasteiger partial charge in [0.2, 0.25) is 5.95 Å². The third-order valence-electron chi connectivity index (χ3n) is 2.50. The number of hydrogen-bond donors (Lipinski definition) is 2. The molecule has 0 radical (unpaired) electrons. The van der Waals surface area contributed by atoms with Crippen LogP contribution in [0.3, 0.4) is 0 Å². The van der Waals surface area contributed by atoms with Crippen LogP contribution in [0.25, 0.3) is 11.0 Å². The molecule has 17 heavy (non-hydrogen) atoms. The number of anilines is 1. The molecule has 90 valence electrons. The summed E-state index contributed by atoms with van der Waals surface area (Å²) in [5.41, 5.74) is 1.48. The molecule has 2 N–H and O–H groups in total. The second-order valence-corrected chi connectivity index (χ2v) is 3.82. The largest absolute Gasteiger partial charge is 0.356 e. The number of aromatic nitrogens is 2. The molecule has 6 nitrogen and oxygen atoms in total. The molecule has 2 rings (SSSR count). The summed E-state index contributed by atoms with van der Waals surface area (Å²) in [6, 6.07) is 4.60. The predicted molar refractivity (Wildman–Crippen MR) is 66.1 cm³/mol. The number of nitro groups is 1. The Morgan fingerprint density at radius 2 is 2.35 bits per heavy atom. The first kappa shape index (κ1) is 11.4. The van der Waals surface area contributed by atoms with Crippen LogP contribution in [-0.4, -0.2) is 21.4 Å². The fourth-order valence-corrected chi connectivity index (χ4v) is 1.58. The average Bonchev–Trinajstić information content (AvgIpc) is 2.70. The summed E-state index contributed by atoms with van der Waals surface area (Å²) < 4.78 is 0. The lowest BCUT2D eigenvalue weighted by Crippen LogP contribution is -2.01. The molecule has 0 atom stereocenters. The lowest BCUT2D eigenvalue weighted by atomic mass is 10.3. The first-order chi connectivity index (χ1) is 8.20. The fraction of sp³-hybridized carbons (Fsp3) is 0.364. The van der Waals surface area contributed by atoms with Gasteiger partial charge in [-0.2, -0.15) is 0 Å². The second kappa shape index (κ2) is 4.82. The third kappa shape index (κ3) is 2.52. The van der Waals surface area contributed by atoms with Gasteiger partial charge in [-0.25, -0.2) is 4.98 Å². The Balaban J connectivity index is 2.21. The third-order valence-corrected chi connectivity index (χ3v) is 2.50. The Hall–Kier alpha value is -2.11. The van der Waals surface area contributed by atoms with Crippen molar-refractivity contribution in [1.29, 1.82) is 0 Å². The minimum absolute atomic E-state index is 0.0706. The molecule has 1 heterocycles. The molecule has 0 saturated heterocycles. The molecule has 1 aromatic carbocycles. The van der Waals surface area contributed by atoms with E-state index in [2.05, 4.69) is 22.2 Å². The Bertz CT molecular complexity index is 535. The Kier molecular flexibility index (Phi) is 3.22. The highest BCUT2D eigenvalue weighted by molar-refractivity contribution is 5.79. The summed E-state index contributed by atoms with van der Waals surface area (Å²) >= 11 is 0. The highest BCUT2D eigenvalue weighted by Gasteiger charge is 2.08. The maximum atomic E-state index is 10.6. The number of H-pyrrole nitrogens is 1. The number of imidazole rings is 1. The molecular weight excluding hydrogens is 220 g/mol. The van der Waals surface area contributed by atoms with Crippen LogP contribution in [0.5, 0.6) is 0 Å². The number of hydrogen-bond acceptors (Lipinski definition) is 4. The summed E-state index contributed by atoms with van der Waals surface area (Å²) in [5, 5.41) is 13.8. The van der Waals surface area contributed by atoms with Gasteiger partial charge in [-0.1, -0.05) is 13.3 Å². The van der Waals surface area contributed by atoms with Crippen molar-refractivity contribution >= 4 is 22.7 Å². The number of aromatic amines is 1. The number of nitrogens with zero attached hydrogens (tertiary/aromatic N) is 2. The van der Waals surface area contributed by atoms with Crippen LogP contribution >= 0.6 is 0 Å². The van der Waals surface area contributed by atoms with Gasteiger partial charge in [0.05, 0.1) is 16.0 Å². The van der Waals surface area contributed by atoms with E-state index >= 15 is 0 Å². The molecule has 0 unspecified atom stereocenters. The van der Waals surface area contributed by atoms with Gasteiger partial charge in [-0.3, -0.25) is 10.1 Å². The van der Waals surface area contributed by atoms with Gasteiger partial charge in [0.25, 0.3) is 5.69 Å². The van der Waals surface area contributed by atoms with Crippen molar-refractivity contribution in [3.63, 3.8) is 0 Å². The van der Waals surface area contributed by atoms with E-state index in [4.69, 9.17) is 0 Å². The molecule has 6 heteroatoms. The van der Waals surface area contributed by atoms with Crippen molar-refractivity contribution < 1.29 is 4.92 Å². The van der Waals surface area contributed by atoms with Crippen molar-refractivity contribution in [3.8, 4) is 0 Å². The van der Waals surface area contributed by atoms with E-state index in [0.29, 0.717) is 11.5 Å². The molecule has 0 amide bonds. The summed E-state index contributed by atoms with van der Waals surface area (Å²) in [6.07, 6.45) is 2.18. The highest BCUT2D eigenvalue weighted by Crippen LogP contribution is 2.20. The topological polar surface area (TPSA) is 83.8 Å². The van der Waals surface area contributed by atoms with Crippen LogP contribution in [0.1, 0.15) is 19.8 Å². The minimum atomic E-state index is -0.412. The molecular formula is C11H14N4O2. The van der Waals surface area contributed by atoms with E-state index in [1.54, 1.807) is 6.07 Å². The van der Waals surface area contributed by atoms with Gasteiger partial charge in [-0.15, -0.1) is 0 Å². The smallest absolute Gasteiger partial charge is 0.271 e. The normalized spacial score (nSPS) is 10.6. The lowest BCUT2D eigenvalue weighted by Gasteiger charge is -1.98. The summed E-state index contributed by atoms with van der Waals surface area (Å²) in [5.74, 6) is 0.661. The number of unbranched alkanes of at least 4 members (excludes halogenated alkanes) is 1. The van der Waals surface area contributed by atoms with E-state index in [1.165, 1.54) is 12.1 Å². The van der Waals surface area contributed by atoms with Crippen LogP contribution in [0.15, 0.2) is 18.2 Å². The zero-order valence-electron chi connectivity index (χ0n) is 9.56. The monoisotopic (exact) mass is 234 g/mol. The van der Waals surface area contributed by atoms with Crippen LogP contribution in [0.4, 0.5) is 11.6 Å². The van der Waals surface area contributed by atoms with E-state index in [0.717, 1.165) is 24.9 Å². The maximum absolute atomic E-state index is 10.6. The lowest BCUT2D eigenvalue weighted by molar-refractivity contribution is -0.384. The molecule has 0 bridgehead atoms. The Morgan fingerprint density at radius 1 is 1.53 bits per heavy atom. The molecule has 1 aromatic heterocycles. The first-order valence-electron chi connectivity index (χ1n) is 5.58. The number of rotatable bonds is 5. The zero-order chi connectivity index (χ0) is 12.3. The van der Waals surface area contributed by atoms with Crippen molar-refractivity contribution in [2.45, 2.75) is 19.8 Å². The molecule has 0 saturated carbocycles. The maximum Gasteiger partial charge on any atom is 0.271 e.